The van der Waals surface area contributed by atoms with Crippen LogP contribution in [0.4, 0.5) is 8.78 Å². The van der Waals surface area contributed by atoms with Gasteiger partial charge in [-0.15, -0.1) is 0 Å². The van der Waals surface area contributed by atoms with Crippen molar-refractivity contribution in [3.05, 3.63) is 0 Å². The van der Waals surface area contributed by atoms with Crippen LogP contribution in [0.15, 0.2) is 0 Å². The van der Waals surface area contributed by atoms with Crippen LogP contribution in [-0.4, -0.2) is 22.2 Å². The normalized spacial score (nSPS) is 40.1. The molecule has 0 aromatic carbocycles. The minimum atomic E-state index is -2.67. The van der Waals surface area contributed by atoms with Gasteiger partial charge in [0.1, 0.15) is 0 Å². The summed E-state index contributed by atoms with van der Waals surface area (Å²) < 4.78 is 26.0. The van der Waals surface area contributed by atoms with E-state index < -0.39 is 17.1 Å². The highest BCUT2D eigenvalue weighted by Gasteiger charge is 2.64. The molecule has 0 saturated heterocycles. The number of hydrogen-bond acceptors (Lipinski definition) is 2. The summed E-state index contributed by atoms with van der Waals surface area (Å²) >= 11 is 0. The topological polar surface area (TPSA) is 46.2 Å². The van der Waals surface area contributed by atoms with Gasteiger partial charge in [0, 0.05) is 12.8 Å². The molecule has 2 rings (SSSR count). The Morgan fingerprint density at radius 3 is 2.35 bits per heavy atom. The average molecular weight is 247 g/mol. The van der Waals surface area contributed by atoms with E-state index >= 15 is 0 Å². The second-order valence-corrected chi connectivity index (χ2v) is 6.50. The zero-order valence-corrected chi connectivity index (χ0v) is 10.7. The van der Waals surface area contributed by atoms with Crippen molar-refractivity contribution in [2.24, 2.45) is 17.6 Å². The highest BCUT2D eigenvalue weighted by Crippen LogP contribution is 2.54. The van der Waals surface area contributed by atoms with Crippen molar-refractivity contribution >= 4 is 0 Å². The van der Waals surface area contributed by atoms with E-state index in [2.05, 4.69) is 13.8 Å². The molecule has 2 aliphatic rings. The highest BCUT2D eigenvalue weighted by atomic mass is 19.3. The Morgan fingerprint density at radius 1 is 1.29 bits per heavy atom. The Bertz CT molecular complexity index is 298. The number of halogens is 2. The van der Waals surface area contributed by atoms with Crippen molar-refractivity contribution in [3.8, 4) is 0 Å². The number of rotatable bonds is 2. The lowest BCUT2D eigenvalue weighted by Crippen LogP contribution is -2.72. The molecule has 0 bridgehead atoms. The fourth-order valence-electron chi connectivity index (χ4n) is 3.52. The summed E-state index contributed by atoms with van der Waals surface area (Å²) in [5.41, 5.74) is 3.87. The van der Waals surface area contributed by atoms with Gasteiger partial charge in [-0.25, -0.2) is 8.78 Å². The third-order valence-corrected chi connectivity index (χ3v) is 4.78. The Hall–Kier alpha value is -0.220. The van der Waals surface area contributed by atoms with E-state index in [-0.39, 0.29) is 12.8 Å². The van der Waals surface area contributed by atoms with Crippen molar-refractivity contribution in [1.82, 2.24) is 0 Å². The molecule has 2 fully saturated rings. The van der Waals surface area contributed by atoms with Crippen molar-refractivity contribution in [2.45, 2.75) is 69.4 Å². The van der Waals surface area contributed by atoms with Crippen molar-refractivity contribution in [1.29, 1.82) is 0 Å². The standard InChI is InChI=1S/C13H23F2NO/c1-9(2)10-4-3-5-12(17,6-10)11(16)7-13(14,15)8-11/h9-10,17H,3-8,16H2,1-2H3. The van der Waals surface area contributed by atoms with Gasteiger partial charge in [-0.2, -0.15) is 0 Å². The predicted octanol–water partition coefficient (Wildman–Crippen LogP) is 2.69. The van der Waals surface area contributed by atoms with E-state index in [1.54, 1.807) is 0 Å². The maximum atomic E-state index is 13.0. The number of aliphatic hydroxyl groups is 1. The average Bonchev–Trinajstić information content (AvgIpc) is 2.14. The SMILES string of the molecule is CC(C)C1CCCC(O)(C2(N)CC(F)(F)C2)C1. The largest absolute Gasteiger partial charge is 0.388 e. The van der Waals surface area contributed by atoms with Gasteiger partial charge in [0.2, 0.25) is 0 Å². The zero-order valence-electron chi connectivity index (χ0n) is 10.7. The molecule has 2 nitrogen and oxygen atoms in total. The zero-order chi connectivity index (χ0) is 12.9. The Kier molecular flexibility index (Phi) is 3.02. The maximum Gasteiger partial charge on any atom is 0.251 e. The molecule has 0 radical (unpaired) electrons. The summed E-state index contributed by atoms with van der Waals surface area (Å²) in [7, 11) is 0. The summed E-state index contributed by atoms with van der Waals surface area (Å²) in [6.45, 7) is 4.24. The predicted molar refractivity (Wildman–Crippen MR) is 62.8 cm³/mol. The van der Waals surface area contributed by atoms with Gasteiger partial charge in [-0.05, 0) is 31.1 Å². The Labute approximate surface area is 102 Å². The van der Waals surface area contributed by atoms with E-state index in [1.807, 2.05) is 0 Å². The van der Waals surface area contributed by atoms with Gasteiger partial charge >= 0.3 is 0 Å². The first kappa shape index (κ1) is 13.2. The number of alkyl halides is 2. The molecule has 3 N–H and O–H groups in total. The molecular formula is C13H23F2NO. The van der Waals surface area contributed by atoms with Gasteiger partial charge in [0.25, 0.3) is 5.92 Å². The van der Waals surface area contributed by atoms with Crippen molar-refractivity contribution in [3.63, 3.8) is 0 Å². The smallest absolute Gasteiger partial charge is 0.251 e. The van der Waals surface area contributed by atoms with Gasteiger partial charge in [0.05, 0.1) is 11.1 Å². The van der Waals surface area contributed by atoms with Crippen molar-refractivity contribution < 1.29 is 13.9 Å². The van der Waals surface area contributed by atoms with Crippen LogP contribution in [0.3, 0.4) is 0 Å². The fraction of sp³-hybridized carbons (Fsp3) is 1.00. The van der Waals surface area contributed by atoms with Crippen LogP contribution in [0.25, 0.3) is 0 Å². The third kappa shape index (κ3) is 2.22. The highest BCUT2D eigenvalue weighted by molar-refractivity contribution is 5.16. The van der Waals surface area contributed by atoms with E-state index in [4.69, 9.17) is 5.73 Å². The monoisotopic (exact) mass is 247 g/mol. The van der Waals surface area contributed by atoms with Crippen LogP contribution >= 0.6 is 0 Å². The molecule has 100 valence electrons. The molecular weight excluding hydrogens is 224 g/mol. The lowest BCUT2D eigenvalue weighted by molar-refractivity contribution is -0.205. The van der Waals surface area contributed by atoms with Gasteiger partial charge in [-0.3, -0.25) is 0 Å². The molecule has 2 saturated carbocycles. The maximum absolute atomic E-state index is 13.0. The molecule has 2 aliphatic carbocycles. The molecule has 0 aliphatic heterocycles. The molecule has 2 unspecified atom stereocenters. The summed E-state index contributed by atoms with van der Waals surface area (Å²) in [4.78, 5) is 0. The van der Waals surface area contributed by atoms with Crippen LogP contribution < -0.4 is 5.73 Å². The van der Waals surface area contributed by atoms with Gasteiger partial charge in [-0.1, -0.05) is 20.3 Å². The minimum Gasteiger partial charge on any atom is -0.388 e. The minimum absolute atomic E-state index is 0.360. The lowest BCUT2D eigenvalue weighted by atomic mass is 9.57. The number of hydrogen-bond donors (Lipinski definition) is 2. The van der Waals surface area contributed by atoms with E-state index in [1.165, 1.54) is 0 Å². The first-order valence-corrected chi connectivity index (χ1v) is 6.57. The first-order valence-electron chi connectivity index (χ1n) is 6.57. The number of nitrogens with two attached hydrogens (primary N) is 1. The first-order chi connectivity index (χ1) is 7.68. The van der Waals surface area contributed by atoms with E-state index in [0.29, 0.717) is 24.7 Å². The molecule has 2 atom stereocenters. The summed E-state index contributed by atoms with van der Waals surface area (Å²) in [5.74, 6) is -1.79. The second-order valence-electron chi connectivity index (χ2n) is 6.50. The second kappa shape index (κ2) is 3.89. The van der Waals surface area contributed by atoms with Crippen LogP contribution in [0, 0.1) is 11.8 Å². The fourth-order valence-corrected chi connectivity index (χ4v) is 3.52. The summed E-state index contributed by atoms with van der Waals surface area (Å²) in [6.07, 6.45) is 2.40. The summed E-state index contributed by atoms with van der Waals surface area (Å²) in [6, 6.07) is 0. The lowest BCUT2D eigenvalue weighted by Gasteiger charge is -2.56. The molecule has 0 aromatic rings. The van der Waals surface area contributed by atoms with Crippen LogP contribution in [0.2, 0.25) is 0 Å². The molecule has 0 spiro atoms. The quantitative estimate of drug-likeness (QED) is 0.788. The van der Waals surface area contributed by atoms with Crippen LogP contribution in [0.1, 0.15) is 52.4 Å². The molecule has 0 aromatic heterocycles. The van der Waals surface area contributed by atoms with Crippen LogP contribution in [-0.2, 0) is 0 Å². The Balaban J connectivity index is 2.09. The third-order valence-electron chi connectivity index (χ3n) is 4.78. The molecule has 0 amide bonds. The molecule has 17 heavy (non-hydrogen) atoms. The van der Waals surface area contributed by atoms with E-state index in [9.17, 15) is 13.9 Å². The molecule has 4 heteroatoms. The van der Waals surface area contributed by atoms with E-state index in [0.717, 1.165) is 12.8 Å². The summed E-state index contributed by atoms with van der Waals surface area (Å²) in [5, 5.41) is 10.6. The van der Waals surface area contributed by atoms with Gasteiger partial charge < -0.3 is 10.8 Å². The van der Waals surface area contributed by atoms with Gasteiger partial charge in [0.15, 0.2) is 0 Å². The van der Waals surface area contributed by atoms with Crippen LogP contribution in [0.5, 0.6) is 0 Å². The van der Waals surface area contributed by atoms with Crippen molar-refractivity contribution in [2.75, 3.05) is 0 Å². The Morgan fingerprint density at radius 2 is 1.88 bits per heavy atom. The molecule has 0 heterocycles.